The summed E-state index contributed by atoms with van der Waals surface area (Å²) in [5.41, 5.74) is 4.40. The van der Waals surface area contributed by atoms with Crippen LogP contribution < -0.4 is 10.1 Å². The van der Waals surface area contributed by atoms with Crippen LogP contribution in [0.25, 0.3) is 5.69 Å². The number of methoxy groups -OCH3 is 1. The average Bonchev–Trinajstić information content (AvgIpc) is 3.16. The first-order chi connectivity index (χ1) is 13.5. The number of carbonyl (C=O) groups is 1. The Bertz CT molecular complexity index is 968. The van der Waals surface area contributed by atoms with E-state index in [2.05, 4.69) is 42.3 Å². The molecular weight excluding hydrogens is 370 g/mol. The van der Waals surface area contributed by atoms with Gasteiger partial charge in [-0.15, -0.1) is 0 Å². The number of aromatic nitrogens is 2. The van der Waals surface area contributed by atoms with Crippen LogP contribution in [-0.4, -0.2) is 28.3 Å². The van der Waals surface area contributed by atoms with Gasteiger partial charge in [0.1, 0.15) is 5.75 Å². The van der Waals surface area contributed by atoms with E-state index in [-0.39, 0.29) is 11.9 Å². The van der Waals surface area contributed by atoms with Crippen LogP contribution in [0.4, 0.5) is 0 Å². The molecule has 0 saturated heterocycles. The highest BCUT2D eigenvalue weighted by Crippen LogP contribution is 2.26. The van der Waals surface area contributed by atoms with Crippen LogP contribution in [0, 0.1) is 13.8 Å². The summed E-state index contributed by atoms with van der Waals surface area (Å²) in [6, 6.07) is 13.9. The van der Waals surface area contributed by atoms with Crippen molar-refractivity contribution in [2.24, 2.45) is 0 Å². The second kappa shape index (κ2) is 8.97. The molecule has 1 N–H and O–H groups in total. The third-order valence-electron chi connectivity index (χ3n) is 4.55. The molecule has 3 aromatic rings. The fourth-order valence-corrected chi connectivity index (χ4v) is 3.85. The molecule has 0 aliphatic carbocycles. The Morgan fingerprint density at radius 3 is 2.82 bits per heavy atom. The minimum absolute atomic E-state index is 0.0427. The number of amides is 1. The summed E-state index contributed by atoms with van der Waals surface area (Å²) >= 11 is 1.43. The number of thioether (sulfide) groups is 1. The Morgan fingerprint density at radius 2 is 2.04 bits per heavy atom. The normalized spacial score (nSPS) is 11.9. The number of carbonyl (C=O) groups excluding carboxylic acids is 1. The zero-order chi connectivity index (χ0) is 20.1. The predicted octanol–water partition coefficient (Wildman–Crippen LogP) is 4.47. The largest absolute Gasteiger partial charge is 0.496 e. The maximum absolute atomic E-state index is 12.5. The van der Waals surface area contributed by atoms with Crippen LogP contribution in [0.15, 0.2) is 60.0 Å². The van der Waals surface area contributed by atoms with E-state index in [0.29, 0.717) is 5.75 Å². The van der Waals surface area contributed by atoms with Crippen molar-refractivity contribution >= 4 is 17.7 Å². The van der Waals surface area contributed by atoms with Crippen molar-refractivity contribution in [3.05, 3.63) is 71.5 Å². The molecule has 0 bridgehead atoms. The molecule has 0 radical (unpaired) electrons. The highest BCUT2D eigenvalue weighted by Gasteiger charge is 2.15. The quantitative estimate of drug-likeness (QED) is 0.600. The Labute approximate surface area is 170 Å². The van der Waals surface area contributed by atoms with Gasteiger partial charge in [-0.25, -0.2) is 4.98 Å². The summed E-state index contributed by atoms with van der Waals surface area (Å²) in [4.78, 5) is 16.9. The summed E-state index contributed by atoms with van der Waals surface area (Å²) in [5, 5.41) is 3.84. The maximum Gasteiger partial charge on any atom is 0.230 e. The third-order valence-corrected chi connectivity index (χ3v) is 5.51. The molecular formula is C22H25N3O2S. The highest BCUT2D eigenvalue weighted by atomic mass is 32.2. The first kappa shape index (κ1) is 20.0. The van der Waals surface area contributed by atoms with Crippen LogP contribution in [0.2, 0.25) is 0 Å². The lowest BCUT2D eigenvalue weighted by Gasteiger charge is -2.17. The van der Waals surface area contributed by atoms with Crippen LogP contribution >= 0.6 is 11.8 Å². The lowest BCUT2D eigenvalue weighted by molar-refractivity contribution is -0.119. The monoisotopic (exact) mass is 395 g/mol. The van der Waals surface area contributed by atoms with E-state index in [1.807, 2.05) is 42.0 Å². The van der Waals surface area contributed by atoms with Crippen molar-refractivity contribution in [3.63, 3.8) is 0 Å². The summed E-state index contributed by atoms with van der Waals surface area (Å²) in [6.45, 7) is 6.10. The Morgan fingerprint density at radius 1 is 1.25 bits per heavy atom. The molecule has 0 aliphatic heterocycles. The number of hydrogen-bond donors (Lipinski definition) is 1. The number of para-hydroxylation sites is 1. The van der Waals surface area contributed by atoms with E-state index in [1.54, 1.807) is 13.3 Å². The maximum atomic E-state index is 12.5. The summed E-state index contributed by atoms with van der Waals surface area (Å²) in [7, 11) is 1.64. The predicted molar refractivity (Wildman–Crippen MR) is 113 cm³/mol. The van der Waals surface area contributed by atoms with E-state index in [9.17, 15) is 4.79 Å². The molecule has 1 atom stereocenters. The molecule has 0 aliphatic rings. The van der Waals surface area contributed by atoms with Gasteiger partial charge < -0.3 is 10.1 Å². The van der Waals surface area contributed by atoms with E-state index >= 15 is 0 Å². The van der Waals surface area contributed by atoms with E-state index in [0.717, 1.165) is 22.2 Å². The molecule has 0 saturated carbocycles. The van der Waals surface area contributed by atoms with E-state index < -0.39 is 0 Å². The van der Waals surface area contributed by atoms with Gasteiger partial charge in [0.25, 0.3) is 0 Å². The van der Waals surface area contributed by atoms with Crippen LogP contribution in [0.5, 0.6) is 5.75 Å². The van der Waals surface area contributed by atoms with Crippen molar-refractivity contribution < 1.29 is 9.53 Å². The van der Waals surface area contributed by atoms with Crippen LogP contribution in [0.1, 0.15) is 29.7 Å². The number of nitrogens with zero attached hydrogens (tertiary/aromatic N) is 2. The van der Waals surface area contributed by atoms with Gasteiger partial charge in [0.15, 0.2) is 5.16 Å². The Balaban J connectivity index is 1.66. The Hall–Kier alpha value is -2.73. The molecule has 5 nitrogen and oxygen atoms in total. The lowest BCUT2D eigenvalue weighted by atomic mass is 10.1. The second-order valence-corrected chi connectivity index (χ2v) is 7.63. The van der Waals surface area contributed by atoms with Gasteiger partial charge in [-0.3, -0.25) is 9.36 Å². The standard InChI is InChI=1S/C22H25N3O2S/c1-15-9-10-16(2)19(13-15)25-12-11-23-22(25)28-14-21(26)24-17(3)18-7-5-6-8-20(18)27-4/h5-13,17H,14H2,1-4H3,(H,24,26). The zero-order valence-electron chi connectivity index (χ0n) is 16.6. The first-order valence-corrected chi connectivity index (χ1v) is 10.1. The molecule has 2 aromatic carbocycles. The molecule has 1 aromatic heterocycles. The minimum atomic E-state index is -0.136. The minimum Gasteiger partial charge on any atom is -0.496 e. The number of rotatable bonds is 7. The van der Waals surface area contributed by atoms with Crippen molar-refractivity contribution in [2.75, 3.05) is 12.9 Å². The summed E-state index contributed by atoms with van der Waals surface area (Å²) in [5.74, 6) is 1.02. The molecule has 3 rings (SSSR count). The number of nitrogens with one attached hydrogen (secondary N) is 1. The first-order valence-electron chi connectivity index (χ1n) is 9.15. The van der Waals surface area contributed by atoms with Gasteiger partial charge in [-0.2, -0.15) is 0 Å². The van der Waals surface area contributed by atoms with Crippen molar-refractivity contribution in [2.45, 2.75) is 32.0 Å². The van der Waals surface area contributed by atoms with Gasteiger partial charge in [0.05, 0.1) is 24.6 Å². The molecule has 1 heterocycles. The smallest absolute Gasteiger partial charge is 0.230 e. The van der Waals surface area contributed by atoms with Crippen LogP contribution in [0.3, 0.4) is 0 Å². The van der Waals surface area contributed by atoms with Gasteiger partial charge in [0.2, 0.25) is 5.91 Å². The van der Waals surface area contributed by atoms with Gasteiger partial charge in [0, 0.05) is 18.0 Å². The van der Waals surface area contributed by atoms with E-state index in [4.69, 9.17) is 4.74 Å². The molecule has 6 heteroatoms. The summed E-state index contributed by atoms with van der Waals surface area (Å²) < 4.78 is 7.41. The second-order valence-electron chi connectivity index (χ2n) is 6.69. The fourth-order valence-electron chi connectivity index (χ4n) is 3.07. The van der Waals surface area contributed by atoms with Gasteiger partial charge in [-0.05, 0) is 44.0 Å². The molecule has 1 amide bonds. The number of imidazole rings is 1. The molecule has 146 valence electrons. The fraction of sp³-hybridized carbons (Fsp3) is 0.273. The van der Waals surface area contributed by atoms with Crippen molar-refractivity contribution in [1.82, 2.24) is 14.9 Å². The average molecular weight is 396 g/mol. The summed E-state index contributed by atoms with van der Waals surface area (Å²) in [6.07, 6.45) is 3.69. The third kappa shape index (κ3) is 4.57. The molecule has 0 fully saturated rings. The van der Waals surface area contributed by atoms with Gasteiger partial charge in [-0.1, -0.05) is 42.1 Å². The zero-order valence-corrected chi connectivity index (χ0v) is 17.4. The van der Waals surface area contributed by atoms with Crippen LogP contribution in [-0.2, 0) is 4.79 Å². The topological polar surface area (TPSA) is 56.1 Å². The van der Waals surface area contributed by atoms with E-state index in [1.165, 1.54) is 22.9 Å². The number of hydrogen-bond acceptors (Lipinski definition) is 4. The lowest BCUT2D eigenvalue weighted by Crippen LogP contribution is -2.28. The number of benzene rings is 2. The van der Waals surface area contributed by atoms with Crippen molar-refractivity contribution in [3.8, 4) is 11.4 Å². The molecule has 1 unspecified atom stereocenters. The molecule has 0 spiro atoms. The highest BCUT2D eigenvalue weighted by molar-refractivity contribution is 7.99. The number of aryl methyl sites for hydroxylation is 2. The molecule has 28 heavy (non-hydrogen) atoms. The number of ether oxygens (including phenoxy) is 1. The van der Waals surface area contributed by atoms with Crippen molar-refractivity contribution in [1.29, 1.82) is 0 Å². The SMILES string of the molecule is COc1ccccc1C(C)NC(=O)CSc1nccn1-c1cc(C)ccc1C. The van der Waals surface area contributed by atoms with Gasteiger partial charge >= 0.3 is 0 Å². The Kier molecular flexibility index (Phi) is 6.41.